The normalized spacial score (nSPS) is 18.3. The molecule has 2 aliphatic heterocycles. The number of alkyl halides is 6. The zero-order valence-electron chi connectivity index (χ0n) is 31.8. The van der Waals surface area contributed by atoms with Gasteiger partial charge in [-0.1, -0.05) is 24.3 Å². The molecule has 19 heteroatoms. The fourth-order valence-corrected chi connectivity index (χ4v) is 5.73. The number of para-hydroxylation sites is 2. The predicted octanol–water partition coefficient (Wildman–Crippen LogP) is 8.68. The molecule has 1 aromatic heterocycles. The summed E-state index contributed by atoms with van der Waals surface area (Å²) in [6, 6.07) is 22.7. The summed E-state index contributed by atoms with van der Waals surface area (Å²) >= 11 is 0. The Morgan fingerprint density at radius 1 is 0.644 bits per heavy atom. The molecule has 312 valence electrons. The van der Waals surface area contributed by atoms with Gasteiger partial charge < -0.3 is 34.0 Å². The second-order valence-electron chi connectivity index (χ2n) is 14.0. The summed E-state index contributed by atoms with van der Waals surface area (Å²) in [5.41, 5.74) is 5.72. The summed E-state index contributed by atoms with van der Waals surface area (Å²) in [5.74, 6) is -2.22. The zero-order chi connectivity index (χ0) is 42.6. The number of hydrogen-bond acceptors (Lipinski definition) is 11. The highest BCUT2D eigenvalue weighted by atomic mass is 19.4. The fourth-order valence-electron chi connectivity index (χ4n) is 5.73. The van der Waals surface area contributed by atoms with E-state index in [0.717, 1.165) is 24.3 Å². The zero-order valence-corrected chi connectivity index (χ0v) is 31.8. The number of ether oxygens (including phenoxy) is 4. The average molecular weight is 829 g/mol. The van der Waals surface area contributed by atoms with Crippen LogP contribution >= 0.6 is 0 Å². The van der Waals surface area contributed by atoms with Crippen LogP contribution in [0.1, 0.15) is 61.2 Å². The van der Waals surface area contributed by atoms with Gasteiger partial charge in [-0.25, -0.2) is 0 Å². The molecular formula is C40H38F6N6O7. The Morgan fingerprint density at radius 3 is 1.71 bits per heavy atom. The van der Waals surface area contributed by atoms with Crippen molar-refractivity contribution in [1.82, 2.24) is 21.0 Å². The van der Waals surface area contributed by atoms with Crippen molar-refractivity contribution in [2.45, 2.75) is 63.8 Å². The van der Waals surface area contributed by atoms with Gasteiger partial charge in [0, 0.05) is 11.4 Å². The minimum absolute atomic E-state index is 0.0563. The van der Waals surface area contributed by atoms with Crippen LogP contribution in [0.5, 0.6) is 0 Å². The van der Waals surface area contributed by atoms with Crippen molar-refractivity contribution < 1.29 is 59.3 Å². The lowest BCUT2D eigenvalue weighted by atomic mass is 10.1. The Morgan fingerprint density at radius 2 is 1.17 bits per heavy atom. The van der Waals surface area contributed by atoms with Crippen molar-refractivity contribution in [2.75, 3.05) is 23.8 Å². The van der Waals surface area contributed by atoms with Gasteiger partial charge in [0.2, 0.25) is 11.8 Å². The Bertz CT molecular complexity index is 2250. The highest BCUT2D eigenvalue weighted by Gasteiger charge is 2.38. The Labute approximate surface area is 333 Å². The minimum Gasteiger partial charge on any atom is -0.418 e. The number of amides is 2. The second-order valence-corrected chi connectivity index (χ2v) is 14.0. The maximum absolute atomic E-state index is 12.7. The van der Waals surface area contributed by atoms with E-state index in [1.807, 2.05) is 0 Å². The van der Waals surface area contributed by atoms with E-state index in [9.17, 15) is 35.9 Å². The molecule has 5 aromatic rings. The molecule has 0 saturated carbocycles. The van der Waals surface area contributed by atoms with E-state index in [1.54, 1.807) is 70.2 Å². The third kappa shape index (κ3) is 11.1. The van der Waals surface area contributed by atoms with Gasteiger partial charge in [0.1, 0.15) is 0 Å². The van der Waals surface area contributed by atoms with E-state index < -0.39 is 59.1 Å². The van der Waals surface area contributed by atoms with E-state index in [4.69, 9.17) is 23.4 Å². The van der Waals surface area contributed by atoms with E-state index in [2.05, 4.69) is 31.7 Å². The number of hydrazine groups is 1. The van der Waals surface area contributed by atoms with Crippen LogP contribution in [0.4, 0.5) is 49.1 Å². The van der Waals surface area contributed by atoms with Crippen LogP contribution in [0.2, 0.25) is 0 Å². The summed E-state index contributed by atoms with van der Waals surface area (Å²) in [6.45, 7) is 7.30. The molecule has 7 rings (SSSR count). The summed E-state index contributed by atoms with van der Waals surface area (Å²) in [4.78, 5) is 24.6. The molecule has 2 atom stereocenters. The van der Waals surface area contributed by atoms with Crippen molar-refractivity contribution in [2.24, 2.45) is 0 Å². The van der Waals surface area contributed by atoms with Crippen molar-refractivity contribution in [1.29, 1.82) is 0 Å². The molecule has 0 spiro atoms. The van der Waals surface area contributed by atoms with Gasteiger partial charge in [-0.3, -0.25) is 20.4 Å². The van der Waals surface area contributed by atoms with Crippen LogP contribution in [-0.2, 0) is 36.1 Å². The van der Waals surface area contributed by atoms with Gasteiger partial charge in [-0.05, 0) is 100 Å². The number of carbonyl (C=O) groups excluding carboxylic acids is 2. The summed E-state index contributed by atoms with van der Waals surface area (Å²) in [6.07, 6.45) is -10.1. The number of benzene rings is 4. The van der Waals surface area contributed by atoms with Gasteiger partial charge in [-0.2, -0.15) is 26.3 Å². The third-order valence-corrected chi connectivity index (χ3v) is 8.64. The Balaban J connectivity index is 0.000000198. The number of carbonyl (C=O) groups is 2. The lowest BCUT2D eigenvalue weighted by Gasteiger charge is -2.17. The van der Waals surface area contributed by atoms with Crippen LogP contribution in [0, 0.1) is 0 Å². The topological polar surface area (TPSA) is 158 Å². The van der Waals surface area contributed by atoms with Crippen LogP contribution in [0.15, 0.2) is 101 Å². The molecule has 0 bridgehead atoms. The van der Waals surface area contributed by atoms with Crippen molar-refractivity contribution >= 4 is 34.6 Å². The number of nitrogens with one attached hydrogen (secondary N) is 4. The van der Waals surface area contributed by atoms with Crippen LogP contribution in [-0.4, -0.2) is 52.9 Å². The van der Waals surface area contributed by atoms with E-state index in [-0.39, 0.29) is 18.1 Å². The summed E-state index contributed by atoms with van der Waals surface area (Å²) in [7, 11) is 0. The fraction of sp³-hybridized carbons (Fsp3) is 0.300. The first-order chi connectivity index (χ1) is 27.8. The highest BCUT2D eigenvalue weighted by Crippen LogP contribution is 2.36. The molecule has 13 nitrogen and oxygen atoms in total. The maximum atomic E-state index is 12.7. The summed E-state index contributed by atoms with van der Waals surface area (Å²) < 4.78 is 104. The smallest absolute Gasteiger partial charge is 0.416 e. The first-order valence-electron chi connectivity index (χ1n) is 17.9. The first kappa shape index (κ1) is 42.6. The largest absolute Gasteiger partial charge is 0.418 e. The van der Waals surface area contributed by atoms with Crippen molar-refractivity contribution in [3.63, 3.8) is 0 Å². The molecule has 0 radical (unpaired) electrons. The second kappa shape index (κ2) is 17.1. The molecule has 2 unspecified atom stereocenters. The Hall–Kier alpha value is -6.02. The first-order valence-corrected chi connectivity index (χ1v) is 17.9. The molecule has 2 saturated heterocycles. The number of halogens is 6. The number of hydrogen-bond donors (Lipinski definition) is 4. The van der Waals surface area contributed by atoms with E-state index in [0.29, 0.717) is 40.8 Å². The molecule has 4 aromatic carbocycles. The minimum atomic E-state index is -4.43. The predicted molar refractivity (Wildman–Crippen MR) is 200 cm³/mol. The SMILES string of the molecule is CC1(C)OCC(C(=O)NNC(=O)c2ccccc2Nc2ccc(C(F)(F)F)cc2)O1.CC1(C)OCC(c2nnc(-c3ccccc3Nc3ccc(C(F)(F)F)cc3)o2)O1. The van der Waals surface area contributed by atoms with Crippen molar-refractivity contribution in [3.8, 4) is 11.5 Å². The molecular weight excluding hydrogens is 790 g/mol. The van der Waals surface area contributed by atoms with Gasteiger partial charge in [0.25, 0.3) is 11.8 Å². The van der Waals surface area contributed by atoms with E-state index in [1.165, 1.54) is 30.3 Å². The standard InChI is InChI=1S/C20H20F3N3O4.C20H18F3N3O3/c1-19(2)29-11-16(30-19)18(28)26-25-17(27)14-5-3-4-6-15(14)24-13-9-7-12(8-10-13)20(21,22)23;1-19(2)27-11-16(29-19)18-26-25-17(28-18)14-5-3-4-6-15(14)24-13-9-7-12(8-10-13)20(21,22)23/h3-10,16,24H,11H2,1-2H3,(H,25,27)(H,26,28);3-10,16,24H,11H2,1-2H3. The average Bonchev–Trinajstić information content (AvgIpc) is 3.92. The number of rotatable bonds is 8. The third-order valence-electron chi connectivity index (χ3n) is 8.64. The van der Waals surface area contributed by atoms with E-state index >= 15 is 0 Å². The quantitative estimate of drug-likeness (QED) is 0.0876. The van der Waals surface area contributed by atoms with Gasteiger partial charge in [0.15, 0.2) is 23.8 Å². The van der Waals surface area contributed by atoms with Gasteiger partial charge in [0.05, 0.1) is 46.8 Å². The lowest BCUT2D eigenvalue weighted by molar-refractivity contribution is -0.153. The molecule has 2 aliphatic rings. The molecule has 2 fully saturated rings. The number of nitrogens with zero attached hydrogens (tertiary/aromatic N) is 2. The summed E-state index contributed by atoms with van der Waals surface area (Å²) in [5, 5.41) is 14.1. The molecule has 0 aliphatic carbocycles. The molecule has 2 amide bonds. The van der Waals surface area contributed by atoms with Crippen molar-refractivity contribution in [3.05, 3.63) is 120 Å². The monoisotopic (exact) mass is 828 g/mol. The number of anilines is 4. The number of aromatic nitrogens is 2. The van der Waals surface area contributed by atoms with Crippen LogP contribution in [0.3, 0.4) is 0 Å². The Kier molecular flexibility index (Phi) is 12.3. The van der Waals surface area contributed by atoms with Gasteiger partial charge in [-0.15, -0.1) is 10.2 Å². The molecule has 4 N–H and O–H groups in total. The van der Waals surface area contributed by atoms with Crippen LogP contribution in [0.25, 0.3) is 11.5 Å². The molecule has 59 heavy (non-hydrogen) atoms. The lowest BCUT2D eigenvalue weighted by Crippen LogP contribution is -2.47. The highest BCUT2D eigenvalue weighted by molar-refractivity contribution is 6.01. The van der Waals surface area contributed by atoms with Gasteiger partial charge >= 0.3 is 12.4 Å². The molecule has 3 heterocycles. The van der Waals surface area contributed by atoms with Crippen LogP contribution < -0.4 is 21.5 Å². The maximum Gasteiger partial charge on any atom is 0.416 e.